The lowest BCUT2D eigenvalue weighted by Gasteiger charge is -2.30. The predicted molar refractivity (Wildman–Crippen MR) is 61.0 cm³/mol. The number of hydrogen-bond donors (Lipinski definition) is 0. The van der Waals surface area contributed by atoms with Gasteiger partial charge in [-0.15, -0.1) is 0 Å². The van der Waals surface area contributed by atoms with Crippen LogP contribution in [0, 0.1) is 5.82 Å². The van der Waals surface area contributed by atoms with Crippen molar-refractivity contribution in [3.05, 3.63) is 35.1 Å². The van der Waals surface area contributed by atoms with Crippen molar-refractivity contribution in [1.82, 2.24) is 4.90 Å². The summed E-state index contributed by atoms with van der Waals surface area (Å²) in [5, 5.41) is 0. The first-order valence-electron chi connectivity index (χ1n) is 5.98. The Labute approximate surface area is 108 Å². The van der Waals surface area contributed by atoms with E-state index in [4.69, 9.17) is 0 Å². The van der Waals surface area contributed by atoms with E-state index in [0.29, 0.717) is 32.3 Å². The molecule has 6 heteroatoms. The van der Waals surface area contributed by atoms with Crippen LogP contribution in [0.4, 0.5) is 17.6 Å². The average Bonchev–Trinajstić information content (AvgIpc) is 2.37. The highest BCUT2D eigenvalue weighted by Crippen LogP contribution is 2.38. The lowest BCUT2D eigenvalue weighted by molar-refractivity contribution is -0.138. The van der Waals surface area contributed by atoms with Crippen LogP contribution in [0.3, 0.4) is 0 Å². The van der Waals surface area contributed by atoms with Crippen LogP contribution >= 0.6 is 0 Å². The summed E-state index contributed by atoms with van der Waals surface area (Å²) in [7, 11) is 0. The second-order valence-electron chi connectivity index (χ2n) is 4.64. The second kappa shape index (κ2) is 5.19. The molecule has 0 spiro atoms. The molecule has 19 heavy (non-hydrogen) atoms. The van der Waals surface area contributed by atoms with Gasteiger partial charge in [0.25, 0.3) is 0 Å². The fraction of sp³-hybridized carbons (Fsp3) is 0.462. The summed E-state index contributed by atoms with van der Waals surface area (Å²) in [5.74, 6) is -1.02. The van der Waals surface area contributed by atoms with E-state index in [2.05, 4.69) is 0 Å². The molecule has 1 saturated heterocycles. The number of nitrogens with zero attached hydrogens (tertiary/aromatic N) is 1. The molecule has 1 fully saturated rings. The molecule has 1 aromatic rings. The largest absolute Gasteiger partial charge is 0.416 e. The Morgan fingerprint density at radius 3 is 2.37 bits per heavy atom. The van der Waals surface area contributed by atoms with Gasteiger partial charge < -0.3 is 4.90 Å². The number of carbonyl (C=O) groups is 1. The van der Waals surface area contributed by atoms with Gasteiger partial charge in [-0.25, -0.2) is 4.39 Å². The van der Waals surface area contributed by atoms with Gasteiger partial charge in [0.1, 0.15) is 5.82 Å². The van der Waals surface area contributed by atoms with Crippen LogP contribution in [0.25, 0.3) is 0 Å². The van der Waals surface area contributed by atoms with Crippen molar-refractivity contribution >= 4 is 6.41 Å². The van der Waals surface area contributed by atoms with Crippen molar-refractivity contribution in [2.45, 2.75) is 24.9 Å². The van der Waals surface area contributed by atoms with E-state index in [-0.39, 0.29) is 11.5 Å². The van der Waals surface area contributed by atoms with E-state index in [1.165, 1.54) is 4.90 Å². The maximum absolute atomic E-state index is 13.2. The zero-order valence-electron chi connectivity index (χ0n) is 10.1. The summed E-state index contributed by atoms with van der Waals surface area (Å²) in [4.78, 5) is 12.1. The third-order valence-corrected chi connectivity index (χ3v) is 3.44. The van der Waals surface area contributed by atoms with Gasteiger partial charge in [0, 0.05) is 13.1 Å². The van der Waals surface area contributed by atoms with E-state index in [9.17, 15) is 22.4 Å². The first-order valence-corrected chi connectivity index (χ1v) is 5.98. The smallest absolute Gasteiger partial charge is 0.345 e. The fourth-order valence-electron chi connectivity index (χ4n) is 2.45. The van der Waals surface area contributed by atoms with Gasteiger partial charge in [-0.05, 0) is 42.5 Å². The highest BCUT2D eigenvalue weighted by atomic mass is 19.4. The second-order valence-corrected chi connectivity index (χ2v) is 4.64. The van der Waals surface area contributed by atoms with E-state index in [1.54, 1.807) is 0 Å². The topological polar surface area (TPSA) is 20.3 Å². The molecular formula is C13H13F4NO. The molecule has 0 aliphatic carbocycles. The van der Waals surface area contributed by atoms with Gasteiger partial charge in [-0.3, -0.25) is 4.79 Å². The van der Waals surface area contributed by atoms with E-state index < -0.39 is 17.6 Å². The third-order valence-electron chi connectivity index (χ3n) is 3.44. The summed E-state index contributed by atoms with van der Waals surface area (Å²) in [6.07, 6.45) is -2.95. The Kier molecular flexibility index (Phi) is 3.78. The average molecular weight is 275 g/mol. The minimum Gasteiger partial charge on any atom is -0.345 e. The van der Waals surface area contributed by atoms with Gasteiger partial charge in [-0.1, -0.05) is 0 Å². The number of piperidine rings is 1. The molecule has 2 nitrogen and oxygen atoms in total. The summed E-state index contributed by atoms with van der Waals surface area (Å²) in [5.41, 5.74) is -0.781. The van der Waals surface area contributed by atoms with Gasteiger partial charge in [0.2, 0.25) is 6.41 Å². The molecule has 0 unspecified atom stereocenters. The van der Waals surface area contributed by atoms with Crippen molar-refractivity contribution in [2.24, 2.45) is 0 Å². The number of likely N-dealkylation sites (tertiary alicyclic amines) is 1. The van der Waals surface area contributed by atoms with Gasteiger partial charge in [-0.2, -0.15) is 13.2 Å². The number of hydrogen-bond acceptors (Lipinski definition) is 1. The number of benzene rings is 1. The van der Waals surface area contributed by atoms with Gasteiger partial charge in [0.15, 0.2) is 0 Å². The third kappa shape index (κ3) is 3.05. The zero-order valence-corrected chi connectivity index (χ0v) is 10.1. The van der Waals surface area contributed by atoms with Crippen LogP contribution in [0.2, 0.25) is 0 Å². The number of carbonyl (C=O) groups excluding carboxylic acids is 1. The molecular weight excluding hydrogens is 262 g/mol. The Balaban J connectivity index is 2.29. The molecule has 1 aliphatic rings. The summed E-state index contributed by atoms with van der Waals surface area (Å²) < 4.78 is 51.9. The van der Waals surface area contributed by atoms with Crippen LogP contribution in [-0.4, -0.2) is 24.4 Å². The monoisotopic (exact) mass is 275 g/mol. The molecule has 0 bridgehead atoms. The molecule has 0 aromatic heterocycles. The molecule has 1 aromatic carbocycles. The van der Waals surface area contributed by atoms with Crippen LogP contribution in [-0.2, 0) is 11.0 Å². The Morgan fingerprint density at radius 2 is 1.84 bits per heavy atom. The molecule has 0 radical (unpaired) electrons. The Morgan fingerprint density at radius 1 is 1.21 bits per heavy atom. The highest BCUT2D eigenvalue weighted by Gasteiger charge is 2.36. The maximum Gasteiger partial charge on any atom is 0.416 e. The van der Waals surface area contributed by atoms with E-state index >= 15 is 0 Å². The number of alkyl halides is 3. The first kappa shape index (κ1) is 13.8. The maximum atomic E-state index is 13.2. The Bertz CT molecular complexity index is 464. The van der Waals surface area contributed by atoms with Crippen molar-refractivity contribution < 1.29 is 22.4 Å². The van der Waals surface area contributed by atoms with Crippen LogP contribution in [0.1, 0.15) is 29.9 Å². The van der Waals surface area contributed by atoms with Crippen molar-refractivity contribution in [3.63, 3.8) is 0 Å². The molecule has 1 aliphatic heterocycles. The summed E-state index contributed by atoms with van der Waals surface area (Å²) in [6.45, 7) is 0.809. The quantitative estimate of drug-likeness (QED) is 0.599. The minimum absolute atomic E-state index is 0.00181. The molecule has 0 atom stereocenters. The summed E-state index contributed by atoms with van der Waals surface area (Å²) >= 11 is 0. The van der Waals surface area contributed by atoms with Crippen LogP contribution < -0.4 is 0 Å². The lowest BCUT2D eigenvalue weighted by atomic mass is 9.86. The zero-order chi connectivity index (χ0) is 14.0. The van der Waals surface area contributed by atoms with Crippen LogP contribution in [0.5, 0.6) is 0 Å². The van der Waals surface area contributed by atoms with Gasteiger partial charge >= 0.3 is 6.18 Å². The minimum atomic E-state index is -4.48. The van der Waals surface area contributed by atoms with Crippen LogP contribution in [0.15, 0.2) is 18.2 Å². The van der Waals surface area contributed by atoms with E-state index in [0.717, 1.165) is 18.2 Å². The Hall–Kier alpha value is -1.59. The van der Waals surface area contributed by atoms with Crippen molar-refractivity contribution in [2.75, 3.05) is 13.1 Å². The van der Waals surface area contributed by atoms with Crippen molar-refractivity contribution in [3.8, 4) is 0 Å². The SMILES string of the molecule is O=CN1CCC(c2cc(F)ccc2C(F)(F)F)CC1. The van der Waals surface area contributed by atoms with Gasteiger partial charge in [0.05, 0.1) is 5.56 Å². The molecule has 1 amide bonds. The number of rotatable bonds is 2. The molecule has 2 rings (SSSR count). The number of halogens is 4. The molecule has 104 valence electrons. The lowest BCUT2D eigenvalue weighted by Crippen LogP contribution is -2.32. The predicted octanol–water partition coefficient (Wildman–Crippen LogP) is 3.18. The standard InChI is InChI=1S/C13H13F4NO/c14-10-1-2-12(13(15,16)17)11(7-10)9-3-5-18(8-19)6-4-9/h1-2,7-9H,3-6H2. The molecule has 1 heterocycles. The highest BCUT2D eigenvalue weighted by molar-refractivity contribution is 5.47. The van der Waals surface area contributed by atoms with Crippen molar-refractivity contribution in [1.29, 1.82) is 0 Å². The molecule has 0 saturated carbocycles. The van der Waals surface area contributed by atoms with E-state index in [1.807, 2.05) is 0 Å². The number of amides is 1. The normalized spacial score (nSPS) is 17.6. The summed E-state index contributed by atoms with van der Waals surface area (Å²) in [6, 6.07) is 2.58. The molecule has 0 N–H and O–H groups in total. The first-order chi connectivity index (χ1) is 8.91. The fourth-order valence-corrected chi connectivity index (χ4v) is 2.45.